The molecule has 168 valence electrons. The van der Waals surface area contributed by atoms with Crippen LogP contribution in [0.4, 0.5) is 8.78 Å². The molecule has 1 atom stereocenters. The van der Waals surface area contributed by atoms with Crippen molar-refractivity contribution >= 4 is 33.3 Å². The number of halogens is 3. The highest BCUT2D eigenvalue weighted by molar-refractivity contribution is 7.91. The number of hydrogen-bond acceptors (Lipinski definition) is 8. The summed E-state index contributed by atoms with van der Waals surface area (Å²) in [5.41, 5.74) is 4.88. The lowest BCUT2D eigenvalue weighted by atomic mass is 10.2. The Morgan fingerprint density at radius 1 is 1.12 bits per heavy atom. The fraction of sp³-hybridized carbons (Fsp3) is 0.176. The number of carbonyl (C=O) groups excluding carboxylic acids is 2. The number of amides is 2. The predicted octanol–water partition coefficient (Wildman–Crippen LogP) is 1.30. The maximum absolute atomic E-state index is 12.9. The van der Waals surface area contributed by atoms with Gasteiger partial charge in [-0.15, -0.1) is 0 Å². The molecule has 32 heavy (non-hydrogen) atoms. The SMILES string of the molecule is C[C@H](NC(=O)c1cc(Cl)cc(S(=O)(=O)C(F)F)c1)c1ncnn1-c1cc(C(N)=O)ncn1. The van der Waals surface area contributed by atoms with Gasteiger partial charge in [-0.1, -0.05) is 11.6 Å². The Hall–Kier alpha value is -3.52. The minimum Gasteiger partial charge on any atom is -0.364 e. The number of alkyl halides is 2. The van der Waals surface area contributed by atoms with Crippen LogP contribution in [0.3, 0.4) is 0 Å². The minimum absolute atomic E-state index is 0.0696. The summed E-state index contributed by atoms with van der Waals surface area (Å²) in [6.45, 7) is 1.54. The Kier molecular flexibility index (Phi) is 6.45. The van der Waals surface area contributed by atoms with Gasteiger partial charge in [-0.3, -0.25) is 9.59 Å². The molecular formula is C17H14ClF2N7O4S. The molecule has 0 bridgehead atoms. The molecule has 0 aliphatic rings. The topological polar surface area (TPSA) is 163 Å². The highest BCUT2D eigenvalue weighted by Gasteiger charge is 2.28. The lowest BCUT2D eigenvalue weighted by Crippen LogP contribution is -2.29. The summed E-state index contributed by atoms with van der Waals surface area (Å²) < 4.78 is 50.4. The van der Waals surface area contributed by atoms with E-state index in [1.807, 2.05) is 0 Å². The van der Waals surface area contributed by atoms with Gasteiger partial charge in [0.2, 0.25) is 9.84 Å². The third-order valence-electron chi connectivity index (χ3n) is 4.13. The minimum atomic E-state index is -4.96. The highest BCUT2D eigenvalue weighted by atomic mass is 35.5. The summed E-state index contributed by atoms with van der Waals surface area (Å²) in [6, 6.07) is 3.20. The fourth-order valence-corrected chi connectivity index (χ4v) is 3.71. The number of aromatic nitrogens is 5. The van der Waals surface area contributed by atoms with Crippen molar-refractivity contribution < 1.29 is 26.8 Å². The quantitative estimate of drug-likeness (QED) is 0.505. The Morgan fingerprint density at radius 2 is 1.84 bits per heavy atom. The number of nitrogens with zero attached hydrogens (tertiary/aromatic N) is 5. The van der Waals surface area contributed by atoms with Gasteiger partial charge in [-0.25, -0.2) is 23.4 Å². The third-order valence-corrected chi connectivity index (χ3v) is 5.71. The van der Waals surface area contributed by atoms with E-state index in [1.54, 1.807) is 0 Å². The zero-order valence-corrected chi connectivity index (χ0v) is 17.7. The number of sulfone groups is 1. The normalized spacial score (nSPS) is 12.5. The summed E-state index contributed by atoms with van der Waals surface area (Å²) in [6.07, 6.45) is 2.28. The second-order valence-corrected chi connectivity index (χ2v) is 8.69. The van der Waals surface area contributed by atoms with Crippen LogP contribution in [-0.2, 0) is 9.84 Å². The van der Waals surface area contributed by atoms with E-state index in [0.29, 0.717) is 0 Å². The van der Waals surface area contributed by atoms with E-state index in [9.17, 15) is 26.8 Å². The molecule has 3 rings (SSSR count). The van der Waals surface area contributed by atoms with Crippen molar-refractivity contribution in [2.24, 2.45) is 5.73 Å². The number of nitrogens with two attached hydrogens (primary N) is 1. The number of carbonyl (C=O) groups is 2. The zero-order chi connectivity index (χ0) is 23.6. The molecule has 0 fully saturated rings. The van der Waals surface area contributed by atoms with Crippen LogP contribution in [-0.4, -0.2) is 50.7 Å². The molecule has 0 aliphatic carbocycles. The molecule has 11 nitrogen and oxygen atoms in total. The van der Waals surface area contributed by atoms with Gasteiger partial charge in [-0.2, -0.15) is 18.6 Å². The van der Waals surface area contributed by atoms with Crippen LogP contribution >= 0.6 is 11.6 Å². The second-order valence-electron chi connectivity index (χ2n) is 6.33. The van der Waals surface area contributed by atoms with Crippen molar-refractivity contribution in [2.45, 2.75) is 23.6 Å². The van der Waals surface area contributed by atoms with Crippen molar-refractivity contribution in [1.82, 2.24) is 30.0 Å². The molecule has 0 spiro atoms. The molecule has 3 N–H and O–H groups in total. The molecule has 0 aliphatic heterocycles. The van der Waals surface area contributed by atoms with E-state index < -0.39 is 38.3 Å². The van der Waals surface area contributed by atoms with E-state index in [1.165, 1.54) is 24.0 Å². The predicted molar refractivity (Wildman–Crippen MR) is 106 cm³/mol. The van der Waals surface area contributed by atoms with Gasteiger partial charge in [-0.05, 0) is 25.1 Å². The third kappa shape index (κ3) is 4.70. The number of rotatable bonds is 7. The van der Waals surface area contributed by atoms with Gasteiger partial charge in [0.25, 0.3) is 11.8 Å². The number of benzene rings is 1. The molecule has 2 amide bonds. The summed E-state index contributed by atoms with van der Waals surface area (Å²) in [5, 5.41) is 6.32. The molecule has 2 heterocycles. The van der Waals surface area contributed by atoms with Gasteiger partial charge < -0.3 is 11.1 Å². The molecule has 15 heteroatoms. The first-order valence-corrected chi connectivity index (χ1v) is 10.6. The molecule has 0 unspecified atom stereocenters. The Balaban J connectivity index is 1.89. The first-order chi connectivity index (χ1) is 15.0. The highest BCUT2D eigenvalue weighted by Crippen LogP contribution is 2.24. The van der Waals surface area contributed by atoms with Crippen LogP contribution in [0.5, 0.6) is 0 Å². The molecule has 0 radical (unpaired) electrons. The molecule has 2 aromatic heterocycles. The monoisotopic (exact) mass is 485 g/mol. The molecule has 0 saturated heterocycles. The van der Waals surface area contributed by atoms with Crippen LogP contribution in [0.1, 0.15) is 39.6 Å². The van der Waals surface area contributed by atoms with Gasteiger partial charge in [0, 0.05) is 16.7 Å². The lowest BCUT2D eigenvalue weighted by molar-refractivity contribution is 0.0936. The van der Waals surface area contributed by atoms with Crippen molar-refractivity contribution in [3.05, 3.63) is 59.0 Å². The van der Waals surface area contributed by atoms with Crippen LogP contribution in [0.25, 0.3) is 5.82 Å². The van der Waals surface area contributed by atoms with E-state index in [4.69, 9.17) is 17.3 Å². The van der Waals surface area contributed by atoms with Crippen LogP contribution < -0.4 is 11.1 Å². The Bertz CT molecular complexity index is 1300. The average molecular weight is 486 g/mol. The van der Waals surface area contributed by atoms with Gasteiger partial charge in [0.1, 0.15) is 18.3 Å². The van der Waals surface area contributed by atoms with Crippen LogP contribution in [0.15, 0.2) is 41.8 Å². The van der Waals surface area contributed by atoms with Crippen LogP contribution in [0.2, 0.25) is 5.02 Å². The number of nitrogens with one attached hydrogen (secondary N) is 1. The van der Waals surface area contributed by atoms with Gasteiger partial charge in [0.05, 0.1) is 10.9 Å². The molecule has 3 aromatic rings. The van der Waals surface area contributed by atoms with Crippen LogP contribution in [0, 0.1) is 0 Å². The standard InChI is InChI=1S/C17H14ClF2N7O4S/c1-8(15-24-7-25-27(15)13-5-12(14(21)28)22-6-23-13)26-16(29)9-2-10(18)4-11(3-9)32(30,31)17(19)20/h2-8,17H,1H3,(H2,21,28)(H,26,29)/t8-/m0/s1. The van der Waals surface area contributed by atoms with Crippen molar-refractivity contribution in [3.63, 3.8) is 0 Å². The zero-order valence-electron chi connectivity index (χ0n) is 16.1. The van der Waals surface area contributed by atoms with E-state index >= 15 is 0 Å². The van der Waals surface area contributed by atoms with Crippen molar-refractivity contribution in [3.8, 4) is 5.82 Å². The summed E-state index contributed by atoms with van der Waals surface area (Å²) >= 11 is 5.82. The summed E-state index contributed by atoms with van der Waals surface area (Å²) in [7, 11) is -4.96. The average Bonchev–Trinajstić information content (AvgIpc) is 3.23. The summed E-state index contributed by atoms with van der Waals surface area (Å²) in [5.74, 6) is -4.93. The Morgan fingerprint density at radius 3 is 2.50 bits per heavy atom. The maximum Gasteiger partial charge on any atom is 0.341 e. The second kappa shape index (κ2) is 8.92. The van der Waals surface area contributed by atoms with Crippen molar-refractivity contribution in [2.75, 3.05) is 0 Å². The smallest absolute Gasteiger partial charge is 0.341 e. The fourth-order valence-electron chi connectivity index (χ4n) is 2.63. The molecule has 0 saturated carbocycles. The lowest BCUT2D eigenvalue weighted by Gasteiger charge is -2.15. The Labute approximate surface area is 184 Å². The van der Waals surface area contributed by atoms with E-state index in [-0.39, 0.29) is 27.9 Å². The van der Waals surface area contributed by atoms with Crippen molar-refractivity contribution in [1.29, 1.82) is 0 Å². The van der Waals surface area contributed by atoms with Gasteiger partial charge >= 0.3 is 5.76 Å². The number of primary amides is 1. The first-order valence-electron chi connectivity index (χ1n) is 8.66. The first kappa shape index (κ1) is 23.1. The van der Waals surface area contributed by atoms with E-state index in [0.717, 1.165) is 24.5 Å². The van der Waals surface area contributed by atoms with Gasteiger partial charge in [0.15, 0.2) is 11.6 Å². The summed E-state index contributed by atoms with van der Waals surface area (Å²) in [4.78, 5) is 35.0. The largest absolute Gasteiger partial charge is 0.364 e. The molecular weight excluding hydrogens is 472 g/mol. The molecule has 1 aromatic carbocycles. The maximum atomic E-state index is 12.9. The number of hydrogen-bond donors (Lipinski definition) is 2. The van der Waals surface area contributed by atoms with E-state index in [2.05, 4.69) is 25.4 Å².